The van der Waals surface area contributed by atoms with E-state index in [4.69, 9.17) is 16.7 Å². The molecule has 1 aliphatic rings. The van der Waals surface area contributed by atoms with Crippen molar-refractivity contribution < 1.29 is 18.3 Å². The second kappa shape index (κ2) is 6.14. The van der Waals surface area contributed by atoms with Gasteiger partial charge < -0.3 is 5.11 Å². The first kappa shape index (κ1) is 15.3. The van der Waals surface area contributed by atoms with Gasteiger partial charge in [0.15, 0.2) is 9.84 Å². The standard InChI is InChI=1S/C14H17ClO4S/c15-13-9-11(7-8-12(13)14(16)17)20(18,19)10-5-3-1-2-4-6-10/h7-10H,1-6H2,(H,16,17). The van der Waals surface area contributed by atoms with Gasteiger partial charge in [0.05, 0.1) is 20.7 Å². The average Bonchev–Trinajstić information content (AvgIpc) is 2.67. The molecule has 110 valence electrons. The third kappa shape index (κ3) is 3.15. The molecule has 1 aromatic carbocycles. The number of sulfone groups is 1. The number of benzene rings is 1. The molecule has 0 unspecified atom stereocenters. The molecule has 1 fully saturated rings. The molecule has 0 radical (unpaired) electrons. The maximum absolute atomic E-state index is 12.6. The summed E-state index contributed by atoms with van der Waals surface area (Å²) in [5, 5.41) is 8.50. The lowest BCUT2D eigenvalue weighted by molar-refractivity contribution is 0.0697. The fraction of sp³-hybridized carbons (Fsp3) is 0.500. The van der Waals surface area contributed by atoms with Crippen molar-refractivity contribution in [2.75, 3.05) is 0 Å². The van der Waals surface area contributed by atoms with Gasteiger partial charge in [0.2, 0.25) is 0 Å². The van der Waals surface area contributed by atoms with E-state index in [0.29, 0.717) is 12.8 Å². The average molecular weight is 317 g/mol. The van der Waals surface area contributed by atoms with Crippen LogP contribution < -0.4 is 0 Å². The third-order valence-corrected chi connectivity index (χ3v) is 6.31. The Morgan fingerprint density at radius 1 is 1.15 bits per heavy atom. The normalized spacial score (nSPS) is 17.6. The molecule has 4 nitrogen and oxygen atoms in total. The van der Waals surface area contributed by atoms with Gasteiger partial charge in [0.1, 0.15) is 0 Å². The number of carboxylic acids is 1. The molecule has 0 saturated heterocycles. The van der Waals surface area contributed by atoms with Gasteiger partial charge in [0.25, 0.3) is 0 Å². The van der Waals surface area contributed by atoms with Gasteiger partial charge in [-0.3, -0.25) is 0 Å². The minimum Gasteiger partial charge on any atom is -0.478 e. The summed E-state index contributed by atoms with van der Waals surface area (Å²) < 4.78 is 25.1. The van der Waals surface area contributed by atoms with Gasteiger partial charge in [-0.1, -0.05) is 37.3 Å². The first-order valence-corrected chi connectivity index (χ1v) is 8.62. The Morgan fingerprint density at radius 2 is 1.75 bits per heavy atom. The molecule has 6 heteroatoms. The van der Waals surface area contributed by atoms with Crippen molar-refractivity contribution in [1.82, 2.24) is 0 Å². The van der Waals surface area contributed by atoms with Crippen molar-refractivity contribution in [3.63, 3.8) is 0 Å². The van der Waals surface area contributed by atoms with Gasteiger partial charge in [-0.15, -0.1) is 0 Å². The van der Waals surface area contributed by atoms with Crippen molar-refractivity contribution in [3.8, 4) is 0 Å². The Morgan fingerprint density at radius 3 is 2.25 bits per heavy atom. The fourth-order valence-corrected chi connectivity index (χ4v) is 4.80. The van der Waals surface area contributed by atoms with Gasteiger partial charge in [-0.2, -0.15) is 0 Å². The minimum absolute atomic E-state index is 0.0350. The molecule has 0 spiro atoms. The van der Waals surface area contributed by atoms with Crippen LogP contribution in [-0.2, 0) is 9.84 Å². The highest BCUT2D eigenvalue weighted by Gasteiger charge is 2.28. The Bertz CT molecular complexity index is 602. The van der Waals surface area contributed by atoms with E-state index in [0.717, 1.165) is 25.7 Å². The Labute approximate surface area is 123 Å². The summed E-state index contributed by atoms with van der Waals surface area (Å²) in [4.78, 5) is 11.0. The Kier molecular flexibility index (Phi) is 4.70. The predicted octanol–water partition coefficient (Wildman–Crippen LogP) is 3.53. The Hall–Kier alpha value is -1.07. The van der Waals surface area contributed by atoms with E-state index in [9.17, 15) is 13.2 Å². The zero-order valence-corrected chi connectivity index (χ0v) is 12.6. The second-order valence-electron chi connectivity index (χ2n) is 5.11. The van der Waals surface area contributed by atoms with E-state index in [2.05, 4.69) is 0 Å². The van der Waals surface area contributed by atoms with Crippen LogP contribution in [0.5, 0.6) is 0 Å². The highest BCUT2D eigenvalue weighted by atomic mass is 35.5. The predicted molar refractivity (Wildman–Crippen MR) is 77.1 cm³/mol. The molecule has 0 amide bonds. The molecule has 1 saturated carbocycles. The van der Waals surface area contributed by atoms with Crippen LogP contribution in [0.15, 0.2) is 23.1 Å². The highest BCUT2D eigenvalue weighted by Crippen LogP contribution is 2.30. The number of hydrogen-bond acceptors (Lipinski definition) is 3. The number of rotatable bonds is 3. The Balaban J connectivity index is 2.34. The van der Waals surface area contributed by atoms with Crippen LogP contribution in [-0.4, -0.2) is 24.7 Å². The molecule has 0 heterocycles. The molecule has 0 bridgehead atoms. The number of carbonyl (C=O) groups is 1. The van der Waals surface area contributed by atoms with Gasteiger partial charge in [-0.05, 0) is 31.0 Å². The molecular weight excluding hydrogens is 300 g/mol. The van der Waals surface area contributed by atoms with E-state index >= 15 is 0 Å². The summed E-state index contributed by atoms with van der Waals surface area (Å²) in [5.74, 6) is -1.16. The minimum atomic E-state index is -3.43. The van der Waals surface area contributed by atoms with Crippen LogP contribution in [0.1, 0.15) is 48.9 Å². The SMILES string of the molecule is O=C(O)c1ccc(S(=O)(=O)C2CCCCCC2)cc1Cl. The zero-order valence-electron chi connectivity index (χ0n) is 11.0. The fourth-order valence-electron chi connectivity index (χ4n) is 2.59. The monoisotopic (exact) mass is 316 g/mol. The van der Waals surface area contributed by atoms with Crippen LogP contribution in [0, 0.1) is 0 Å². The number of halogens is 1. The number of hydrogen-bond donors (Lipinski definition) is 1. The second-order valence-corrected chi connectivity index (χ2v) is 7.74. The quantitative estimate of drug-likeness (QED) is 0.866. The molecule has 1 aromatic rings. The summed E-state index contributed by atoms with van der Waals surface area (Å²) >= 11 is 5.86. The molecule has 1 aliphatic carbocycles. The van der Waals surface area contributed by atoms with E-state index in [1.54, 1.807) is 0 Å². The lowest BCUT2D eigenvalue weighted by Gasteiger charge is -2.15. The van der Waals surface area contributed by atoms with Crippen LogP contribution in [0.25, 0.3) is 0 Å². The molecule has 20 heavy (non-hydrogen) atoms. The first-order valence-electron chi connectivity index (χ1n) is 6.69. The molecule has 2 rings (SSSR count). The summed E-state index contributed by atoms with van der Waals surface area (Å²) in [6.07, 6.45) is 5.33. The van der Waals surface area contributed by atoms with Crippen molar-refractivity contribution in [2.45, 2.75) is 48.7 Å². The van der Waals surface area contributed by atoms with E-state index < -0.39 is 15.8 Å². The summed E-state index contributed by atoms with van der Waals surface area (Å²) in [7, 11) is -3.43. The van der Waals surface area contributed by atoms with Crippen LogP contribution in [0.4, 0.5) is 0 Å². The van der Waals surface area contributed by atoms with Crippen LogP contribution >= 0.6 is 11.6 Å². The maximum Gasteiger partial charge on any atom is 0.337 e. The highest BCUT2D eigenvalue weighted by molar-refractivity contribution is 7.92. The number of carboxylic acid groups (broad SMARTS) is 1. The molecule has 1 N–H and O–H groups in total. The maximum atomic E-state index is 12.6. The van der Waals surface area contributed by atoms with Crippen molar-refractivity contribution in [3.05, 3.63) is 28.8 Å². The van der Waals surface area contributed by atoms with E-state index in [-0.39, 0.29) is 20.7 Å². The third-order valence-electron chi connectivity index (χ3n) is 3.74. The van der Waals surface area contributed by atoms with Crippen LogP contribution in [0.3, 0.4) is 0 Å². The lowest BCUT2D eigenvalue weighted by Crippen LogP contribution is -2.21. The van der Waals surface area contributed by atoms with E-state index in [1.807, 2.05) is 0 Å². The zero-order chi connectivity index (χ0) is 14.8. The van der Waals surface area contributed by atoms with Gasteiger partial charge in [0, 0.05) is 0 Å². The summed E-state index contributed by atoms with van der Waals surface area (Å²) in [5.41, 5.74) is -0.0773. The van der Waals surface area contributed by atoms with Crippen LogP contribution in [0.2, 0.25) is 5.02 Å². The topological polar surface area (TPSA) is 71.4 Å². The number of aromatic carboxylic acids is 1. The van der Waals surface area contributed by atoms with Gasteiger partial charge >= 0.3 is 5.97 Å². The molecule has 0 aromatic heterocycles. The van der Waals surface area contributed by atoms with Gasteiger partial charge in [-0.25, -0.2) is 13.2 Å². The lowest BCUT2D eigenvalue weighted by atomic mass is 10.2. The van der Waals surface area contributed by atoms with E-state index in [1.165, 1.54) is 18.2 Å². The largest absolute Gasteiger partial charge is 0.478 e. The van der Waals surface area contributed by atoms with Crippen molar-refractivity contribution in [2.24, 2.45) is 0 Å². The molecule has 0 atom stereocenters. The van der Waals surface area contributed by atoms with Crippen molar-refractivity contribution in [1.29, 1.82) is 0 Å². The molecule has 0 aliphatic heterocycles. The smallest absolute Gasteiger partial charge is 0.337 e. The summed E-state index contributed by atoms with van der Waals surface area (Å²) in [6.45, 7) is 0. The van der Waals surface area contributed by atoms with Crippen molar-refractivity contribution >= 4 is 27.4 Å². The summed E-state index contributed by atoms with van der Waals surface area (Å²) in [6, 6.07) is 3.86. The molecular formula is C14H17ClO4S. The first-order chi connectivity index (χ1) is 9.43.